The van der Waals surface area contributed by atoms with E-state index < -0.39 is 5.69 Å². The Morgan fingerprint density at radius 3 is 2.69 bits per heavy atom. The van der Waals surface area contributed by atoms with Gasteiger partial charge in [-0.25, -0.2) is 9.78 Å². The average molecular weight is 397 g/mol. The molecule has 3 N–H and O–H groups in total. The fraction of sp³-hybridized carbons (Fsp3) is 0.474. The van der Waals surface area contributed by atoms with Crippen LogP contribution in [0.25, 0.3) is 11.7 Å². The lowest BCUT2D eigenvalue weighted by molar-refractivity contribution is -0.00546. The van der Waals surface area contributed by atoms with Gasteiger partial charge in [0.2, 0.25) is 5.88 Å². The van der Waals surface area contributed by atoms with Crippen molar-refractivity contribution >= 4 is 17.5 Å². The summed E-state index contributed by atoms with van der Waals surface area (Å²) >= 11 is 0. The fourth-order valence-corrected chi connectivity index (χ4v) is 3.71. The minimum absolute atomic E-state index is 0.110. The summed E-state index contributed by atoms with van der Waals surface area (Å²) in [6.45, 7) is 5.60. The monoisotopic (exact) mass is 397 g/mol. The molecule has 2 unspecified atom stereocenters. The molecule has 1 aliphatic heterocycles. The van der Waals surface area contributed by atoms with Crippen LogP contribution in [0, 0.1) is 0 Å². The second-order valence-electron chi connectivity index (χ2n) is 7.82. The van der Waals surface area contributed by atoms with Crippen LogP contribution in [0.3, 0.4) is 0 Å². The number of anilines is 1. The van der Waals surface area contributed by atoms with Crippen molar-refractivity contribution in [3.05, 3.63) is 39.1 Å². The first-order chi connectivity index (χ1) is 14.0. The number of hydrogen-bond acceptors (Lipinski definition) is 7. The molecular weight excluding hydrogens is 374 g/mol. The summed E-state index contributed by atoms with van der Waals surface area (Å²) < 4.78 is 7.56. The Balaban J connectivity index is 1.69. The molecule has 152 valence electrons. The molecule has 5 rings (SSSR count). The molecule has 0 radical (unpaired) electrons. The van der Waals surface area contributed by atoms with Gasteiger partial charge >= 0.3 is 5.69 Å². The number of rotatable bonds is 3. The van der Waals surface area contributed by atoms with E-state index in [9.17, 15) is 9.90 Å². The summed E-state index contributed by atoms with van der Waals surface area (Å²) in [4.78, 5) is 28.2. The summed E-state index contributed by atoms with van der Waals surface area (Å²) in [5, 5.41) is 15.0. The molecule has 10 heteroatoms. The number of aromatic nitrogens is 5. The van der Waals surface area contributed by atoms with Gasteiger partial charge < -0.3 is 19.7 Å². The van der Waals surface area contributed by atoms with Crippen LogP contribution in [-0.2, 0) is 4.74 Å². The van der Waals surface area contributed by atoms with E-state index in [-0.39, 0.29) is 23.8 Å². The van der Waals surface area contributed by atoms with Crippen LogP contribution in [0.1, 0.15) is 32.4 Å². The van der Waals surface area contributed by atoms with Crippen molar-refractivity contribution in [2.24, 2.45) is 4.99 Å². The van der Waals surface area contributed by atoms with Crippen LogP contribution in [0.2, 0.25) is 0 Å². The lowest BCUT2D eigenvalue weighted by Crippen LogP contribution is -2.46. The molecule has 1 saturated carbocycles. The zero-order chi connectivity index (χ0) is 20.1. The summed E-state index contributed by atoms with van der Waals surface area (Å²) in [7, 11) is 0. The number of hydrogen-bond donors (Lipinski definition) is 3. The van der Waals surface area contributed by atoms with Crippen LogP contribution in [0.4, 0.5) is 5.82 Å². The summed E-state index contributed by atoms with van der Waals surface area (Å²) in [5.41, 5.74) is 1.19. The molecule has 4 heterocycles. The smallest absolute Gasteiger partial charge is 0.326 e. The molecule has 0 amide bonds. The Morgan fingerprint density at radius 1 is 1.28 bits per heavy atom. The highest BCUT2D eigenvalue weighted by molar-refractivity contribution is 5.58. The maximum absolute atomic E-state index is 11.4. The highest BCUT2D eigenvalue weighted by Gasteiger charge is 2.25. The van der Waals surface area contributed by atoms with E-state index in [1.807, 2.05) is 6.07 Å². The number of aromatic amines is 2. The summed E-state index contributed by atoms with van der Waals surface area (Å²) in [6, 6.07) is 2.31. The van der Waals surface area contributed by atoms with Gasteiger partial charge in [0, 0.05) is 24.4 Å². The summed E-state index contributed by atoms with van der Waals surface area (Å²) in [6.07, 6.45) is 5.70. The molecule has 2 atom stereocenters. The standard InChI is InChI=1S/C19H23N7O3/c1-10-8-25(9-11(2)29-10)15-6-16(21-13-3-4-13)26-17(23-15)12(7-20-26)5-14-18(27)24-19(28)22-14/h5-7,10-11,13,27H,3-4,8-9H2,1-2H3,(H2,22,24,28). The number of aromatic hydroxyl groups is 1. The van der Waals surface area contributed by atoms with Crippen LogP contribution >= 0.6 is 0 Å². The molecule has 1 aliphatic carbocycles. The van der Waals surface area contributed by atoms with E-state index in [0.29, 0.717) is 16.9 Å². The van der Waals surface area contributed by atoms with Gasteiger partial charge in [-0.05, 0) is 32.8 Å². The van der Waals surface area contributed by atoms with Gasteiger partial charge in [-0.15, -0.1) is 0 Å². The SMILES string of the molecule is CC1CN(c2cc(=NC3CC3)n3ncc(=Cc4[nH]c(=O)[nH]c4O)c3n2)CC(C)O1. The lowest BCUT2D eigenvalue weighted by Gasteiger charge is -2.36. The molecule has 0 spiro atoms. The van der Waals surface area contributed by atoms with Gasteiger partial charge in [0.15, 0.2) is 11.1 Å². The summed E-state index contributed by atoms with van der Waals surface area (Å²) in [5.74, 6) is 0.602. The normalized spacial score (nSPS) is 24.0. The van der Waals surface area contributed by atoms with Gasteiger partial charge in [0.25, 0.3) is 0 Å². The van der Waals surface area contributed by atoms with Gasteiger partial charge in [-0.3, -0.25) is 9.98 Å². The minimum Gasteiger partial charge on any atom is -0.493 e. The third kappa shape index (κ3) is 3.51. The Bertz CT molecular complexity index is 1230. The Morgan fingerprint density at radius 2 is 2.03 bits per heavy atom. The van der Waals surface area contributed by atoms with Crippen molar-refractivity contribution in [2.75, 3.05) is 18.0 Å². The number of morpholine rings is 1. The maximum Gasteiger partial charge on any atom is 0.326 e. The number of H-pyrrole nitrogens is 2. The zero-order valence-electron chi connectivity index (χ0n) is 16.3. The average Bonchev–Trinajstić information content (AvgIpc) is 3.29. The number of imidazole rings is 1. The topological polar surface area (TPSA) is 124 Å². The Labute approximate surface area is 165 Å². The van der Waals surface area contributed by atoms with E-state index in [1.54, 1.807) is 16.8 Å². The quantitative estimate of drug-likeness (QED) is 0.556. The predicted molar refractivity (Wildman–Crippen MR) is 106 cm³/mol. The predicted octanol–water partition coefficient (Wildman–Crippen LogP) is -0.324. The van der Waals surface area contributed by atoms with E-state index in [2.05, 4.69) is 33.8 Å². The first-order valence-corrected chi connectivity index (χ1v) is 9.82. The number of fused-ring (bicyclic) bond motifs is 1. The number of nitrogens with one attached hydrogen (secondary N) is 2. The maximum atomic E-state index is 11.4. The highest BCUT2D eigenvalue weighted by atomic mass is 16.5. The number of nitrogens with zero attached hydrogens (tertiary/aromatic N) is 5. The van der Waals surface area contributed by atoms with E-state index in [4.69, 9.17) is 14.7 Å². The first-order valence-electron chi connectivity index (χ1n) is 9.82. The molecule has 3 aromatic heterocycles. The molecule has 2 aliphatic rings. The van der Waals surface area contributed by atoms with Gasteiger partial charge in [-0.1, -0.05) is 0 Å². The second-order valence-corrected chi connectivity index (χ2v) is 7.82. The van der Waals surface area contributed by atoms with Gasteiger partial charge in [0.05, 0.1) is 24.4 Å². The molecule has 1 saturated heterocycles. The molecule has 2 fully saturated rings. The third-order valence-electron chi connectivity index (χ3n) is 5.11. The minimum atomic E-state index is -0.473. The van der Waals surface area contributed by atoms with Crippen LogP contribution in [0.15, 0.2) is 22.1 Å². The van der Waals surface area contributed by atoms with Crippen molar-refractivity contribution in [3.63, 3.8) is 0 Å². The second kappa shape index (κ2) is 6.73. The zero-order valence-corrected chi connectivity index (χ0v) is 16.3. The molecule has 3 aromatic rings. The molecule has 29 heavy (non-hydrogen) atoms. The number of ether oxygens (including phenoxy) is 1. The third-order valence-corrected chi connectivity index (χ3v) is 5.11. The fourth-order valence-electron chi connectivity index (χ4n) is 3.71. The van der Waals surface area contributed by atoms with Gasteiger partial charge in [-0.2, -0.15) is 9.61 Å². The van der Waals surface area contributed by atoms with E-state index in [1.165, 1.54) is 0 Å². The molecule has 0 aromatic carbocycles. The highest BCUT2D eigenvalue weighted by Crippen LogP contribution is 2.23. The van der Waals surface area contributed by atoms with Crippen LogP contribution < -0.4 is 21.3 Å². The molecule has 0 bridgehead atoms. The van der Waals surface area contributed by atoms with Crippen molar-refractivity contribution < 1.29 is 9.84 Å². The van der Waals surface area contributed by atoms with Crippen molar-refractivity contribution in [1.82, 2.24) is 24.6 Å². The Kier molecular flexibility index (Phi) is 4.16. The molecular formula is C19H23N7O3. The lowest BCUT2D eigenvalue weighted by atomic mass is 10.2. The van der Waals surface area contributed by atoms with Gasteiger partial charge in [0.1, 0.15) is 11.5 Å². The van der Waals surface area contributed by atoms with Crippen LogP contribution in [-0.4, -0.2) is 61.0 Å². The van der Waals surface area contributed by atoms with E-state index >= 15 is 0 Å². The van der Waals surface area contributed by atoms with Crippen molar-refractivity contribution in [3.8, 4) is 5.88 Å². The van der Waals surface area contributed by atoms with E-state index in [0.717, 1.165) is 37.2 Å². The Hall–Kier alpha value is -3.14. The van der Waals surface area contributed by atoms with Crippen molar-refractivity contribution in [2.45, 2.75) is 44.9 Å². The largest absolute Gasteiger partial charge is 0.493 e. The molecule has 10 nitrogen and oxygen atoms in total. The van der Waals surface area contributed by atoms with Crippen molar-refractivity contribution in [1.29, 1.82) is 0 Å². The first kappa shape index (κ1) is 17.9. The van der Waals surface area contributed by atoms with Crippen LogP contribution in [0.5, 0.6) is 5.88 Å².